The summed E-state index contributed by atoms with van der Waals surface area (Å²) in [5, 5.41) is 119. The maximum absolute atomic E-state index is 12.2. The molecule has 0 amide bonds. The Labute approximate surface area is 797 Å². The molecule has 0 atom stereocenters. The molecule has 0 spiro atoms. The molecular weight excluding hydrogens is 1780 g/mol. The normalized spacial score (nSPS) is 14.5. The van der Waals surface area contributed by atoms with Crippen molar-refractivity contribution in [3.05, 3.63) is 389 Å². The number of aliphatic hydroxyl groups is 6. The first-order valence-electron chi connectivity index (χ1n) is 43.7. The molecule has 2 heterocycles. The van der Waals surface area contributed by atoms with Crippen molar-refractivity contribution in [2.24, 2.45) is 0 Å². The number of aliphatic hydroxyl groups excluding tert-OH is 6. The zero-order valence-corrected chi connectivity index (χ0v) is 79.9. The molecule has 1 aliphatic carbocycles. The highest BCUT2D eigenvalue weighted by atomic mass is 35.5. The number of nitrogens with one attached hydrogen (secondary N) is 1. The van der Waals surface area contributed by atoms with Crippen molar-refractivity contribution >= 4 is 93.3 Å². The molecule has 0 radical (unpaired) electrons. The van der Waals surface area contributed by atoms with Crippen LogP contribution >= 0.6 is 11.6 Å². The lowest BCUT2D eigenvalue weighted by atomic mass is 9.68. The molecule has 0 bridgehead atoms. The number of methoxy groups -OCH3 is 2. The number of rotatable bonds is 22. The molecular formula is C109H110ClN5O19S2. The fraction of sp³-hybridized carbons (Fsp3) is 0.229. The number of benzene rings is 13. The van der Waals surface area contributed by atoms with Gasteiger partial charge in [0.05, 0.1) is 74.6 Å². The summed E-state index contributed by atoms with van der Waals surface area (Å²) in [5.74, 6) is -1.42. The van der Waals surface area contributed by atoms with Gasteiger partial charge in [-0.1, -0.05) is 197 Å². The van der Waals surface area contributed by atoms with Gasteiger partial charge in [-0.25, -0.2) is 16.8 Å². The number of allylic oxidation sites excluding steroid dienone is 8. The van der Waals surface area contributed by atoms with Crippen molar-refractivity contribution in [1.82, 2.24) is 0 Å². The number of fused-ring (bicyclic) bond motifs is 6. The predicted octanol–water partition coefficient (Wildman–Crippen LogP) is 20.3. The van der Waals surface area contributed by atoms with E-state index in [9.17, 15) is 81.8 Å². The first-order chi connectivity index (χ1) is 64.7. The van der Waals surface area contributed by atoms with Crippen LogP contribution < -0.4 is 19.7 Å². The third-order valence-electron chi connectivity index (χ3n) is 25.5. The third-order valence-corrected chi connectivity index (χ3v) is 27.7. The van der Waals surface area contributed by atoms with Crippen LogP contribution in [0.4, 0.5) is 28.4 Å². The lowest BCUT2D eigenvalue weighted by molar-refractivity contribution is -0.401. The van der Waals surface area contributed by atoms with Gasteiger partial charge in [0.2, 0.25) is 16.8 Å². The average molecular weight is 1890 g/mol. The van der Waals surface area contributed by atoms with Crippen molar-refractivity contribution in [3.8, 4) is 34.5 Å². The summed E-state index contributed by atoms with van der Waals surface area (Å²) in [7, 11) is -2.03. The van der Waals surface area contributed by atoms with E-state index in [1.165, 1.54) is 98.0 Å². The monoisotopic (exact) mass is 1890 g/mol. The zero-order valence-electron chi connectivity index (χ0n) is 77.5. The number of carbonyl (C=O) groups is 1. The maximum Gasteiger partial charge on any atom is 0.426 e. The number of phenols is 4. The minimum absolute atomic E-state index is 0.107. The van der Waals surface area contributed by atoms with Crippen LogP contribution in [-0.2, 0) is 81.5 Å². The van der Waals surface area contributed by atoms with E-state index in [1.54, 1.807) is 78.9 Å². The number of anilines is 3. The fourth-order valence-electron chi connectivity index (χ4n) is 17.8. The number of ketones is 1. The van der Waals surface area contributed by atoms with Gasteiger partial charge in [0.25, 0.3) is 0 Å². The van der Waals surface area contributed by atoms with Gasteiger partial charge in [-0.15, -0.1) is 0 Å². The molecule has 11 N–H and O–H groups in total. The highest BCUT2D eigenvalue weighted by molar-refractivity contribution is 7.86. The third kappa shape index (κ3) is 21.4. The van der Waals surface area contributed by atoms with E-state index in [4.69, 9.17) is 26.5 Å². The Balaban J connectivity index is 0.000000166. The van der Waals surface area contributed by atoms with Crippen LogP contribution in [-0.4, -0.2) is 121 Å². The second-order valence-electron chi connectivity index (χ2n) is 35.0. The Bertz CT molecular complexity index is 6990. The first-order valence-corrected chi connectivity index (χ1v) is 46.9. The van der Waals surface area contributed by atoms with E-state index < -0.39 is 87.1 Å². The molecule has 0 saturated heterocycles. The molecule has 0 unspecified atom stereocenters. The van der Waals surface area contributed by atoms with Crippen LogP contribution in [0.25, 0.3) is 26.5 Å². The van der Waals surface area contributed by atoms with Crippen LogP contribution in [0.1, 0.15) is 162 Å². The number of likely N-dealkylation sites (N-methyl/N-ethyl adjacent to an activating group) is 1. The minimum Gasteiger partial charge on any atom is -0.744 e. The molecule has 704 valence electrons. The number of para-hydroxylation sites is 1. The van der Waals surface area contributed by atoms with E-state index in [2.05, 4.69) is 159 Å². The lowest BCUT2D eigenvalue weighted by Gasteiger charge is -2.35. The Morgan fingerprint density at radius 1 is 0.537 bits per heavy atom. The van der Waals surface area contributed by atoms with Gasteiger partial charge in [0.1, 0.15) is 56.0 Å². The molecule has 0 saturated carbocycles. The van der Waals surface area contributed by atoms with Gasteiger partial charge in [-0.05, 0) is 204 Å². The average Bonchev–Trinajstić information content (AvgIpc) is 1.41. The predicted molar refractivity (Wildman–Crippen MR) is 528 cm³/mol. The van der Waals surface area contributed by atoms with E-state index in [0.29, 0.717) is 33.7 Å². The minimum atomic E-state index is -4.84. The van der Waals surface area contributed by atoms with Crippen molar-refractivity contribution in [2.45, 2.75) is 146 Å². The van der Waals surface area contributed by atoms with Gasteiger partial charge >= 0.3 is 5.69 Å². The fourth-order valence-corrected chi connectivity index (χ4v) is 19.3. The number of aromatic hydroxyl groups is 4. The van der Waals surface area contributed by atoms with Crippen molar-refractivity contribution < 1.29 is 95.9 Å². The van der Waals surface area contributed by atoms with Crippen molar-refractivity contribution in [2.75, 3.05) is 38.5 Å². The van der Waals surface area contributed by atoms with Crippen LogP contribution in [0.15, 0.2) is 305 Å². The summed E-state index contributed by atoms with van der Waals surface area (Å²) in [5.41, 5.74) is 16.8. The quantitative estimate of drug-likeness (QED) is 0.00987. The van der Waals surface area contributed by atoms with Gasteiger partial charge in [0, 0.05) is 126 Å². The number of carbonyl (C=O) groups excluding carboxylic acids is 1. The molecule has 24 nitrogen and oxygen atoms in total. The number of aryl methyl sites for hydroxylation is 1. The Kier molecular flexibility index (Phi) is 31.7. The lowest BCUT2D eigenvalue weighted by Crippen LogP contribution is -2.27. The van der Waals surface area contributed by atoms with Crippen LogP contribution in [0, 0.1) is 12.3 Å². The number of diazo groups is 1. The van der Waals surface area contributed by atoms with Crippen LogP contribution in [0.3, 0.4) is 0 Å². The second kappa shape index (κ2) is 42.5. The van der Waals surface area contributed by atoms with E-state index in [1.807, 2.05) is 88.4 Å². The van der Waals surface area contributed by atoms with Gasteiger partial charge in [-0.2, -0.15) is 4.58 Å². The van der Waals surface area contributed by atoms with E-state index in [0.717, 1.165) is 77.2 Å². The smallest absolute Gasteiger partial charge is 0.426 e. The number of halogens is 1. The van der Waals surface area contributed by atoms with Crippen LogP contribution in [0.2, 0.25) is 0 Å². The summed E-state index contributed by atoms with van der Waals surface area (Å²) in [6.07, 6.45) is 12.3. The standard InChI is InChI=1S/C40H40ClN2.C35H40O9.C14H12O6S.C13H12N3O.C7H8O3S/c1-39(2)34(42(5)32-22-18-26-12-7-9-16-30(26)36(32)39)24-20-28-14-11-15-29(38(28)41)21-25-35-40(3,4)37-31-17-10-8-13-27(31)19-23-33(37)43(35)6;1-34(2,28-8-20(14-36)31(42)21(9-28)15-37)26-4-6-27(7-5-26)35(3,29-10-22(16-38)32(43)23(11-29)17-39)30-12-24(18-40)33(44)25(13-30)19-41;1-20-12-8-11(15)10(7-13(12)21(17,18)19)14(16)9-5-3-2-4-6-9;1-17-13-9-11(7-8-12(13)16-14)15-10-5-3-2-4-6-10;1-6-2-4-7(5-3-6)11(8,9)10/h7-10,12-13,16-25H,11,14-15H2,1-6H3;4-13,36-44H,14-19H2,1-3H3;2-8,15H,1H3,(H,17,18,19);2-9,15H,1H3;2-5H,1H3,(H,8,9,10)/q+1;;;+1;/p-2. The molecule has 13 aromatic rings. The van der Waals surface area contributed by atoms with Gasteiger partial charge < -0.3 is 79.9 Å². The van der Waals surface area contributed by atoms with Gasteiger partial charge in [-0.3, -0.25) is 4.79 Å². The zero-order chi connectivity index (χ0) is 98.7. The van der Waals surface area contributed by atoms with Gasteiger partial charge in [0.15, 0.2) is 16.5 Å². The number of nitrogens with zero attached hydrogens (tertiary/aromatic N) is 4. The Morgan fingerprint density at radius 3 is 1.52 bits per heavy atom. The SMILES string of the molecule is CC(C)(c1ccc(C(C)(c2cc(CO)c(O)c(CO)c2)c2cc(CO)c(O)c(CO)c2)cc1)c1cc(CO)c(O)c(CO)c1.CN1C(=CC=C2CCCC(C=CC3=[N+](C)c4ccc5ccccc5c4C3(C)C)=C2Cl)C(C)(C)c2c1ccc1ccccc21.COc1cc(Nc2ccccc2)ccc1[N+]#N.COc1cc(O)c(C(=O)c2ccccc2)cc1S(=O)(=O)[O-].Cc1ccc(S(=O)(=O)[O-])cc1. The van der Waals surface area contributed by atoms with Crippen LogP contribution in [0.5, 0.6) is 34.5 Å². The van der Waals surface area contributed by atoms with Crippen molar-refractivity contribution in [3.63, 3.8) is 0 Å². The summed E-state index contributed by atoms with van der Waals surface area (Å²) in [6, 6.07) is 74.7. The number of hydrogen-bond donors (Lipinski definition) is 11. The van der Waals surface area contributed by atoms with Crippen molar-refractivity contribution in [1.29, 1.82) is 5.39 Å². The maximum atomic E-state index is 12.2. The Hall–Kier alpha value is -13.6. The molecule has 3 aliphatic rings. The summed E-state index contributed by atoms with van der Waals surface area (Å²) >= 11 is 7.16. The highest BCUT2D eigenvalue weighted by Crippen LogP contribution is 2.52. The molecule has 16 rings (SSSR count). The summed E-state index contributed by atoms with van der Waals surface area (Å²) in [6.45, 7) is 14.4. The first kappa shape index (κ1) is 101. The van der Waals surface area contributed by atoms with E-state index >= 15 is 0 Å². The molecule has 136 heavy (non-hydrogen) atoms. The number of ether oxygens (including phenoxy) is 2. The molecule has 0 fully saturated rings. The second-order valence-corrected chi connectivity index (χ2v) is 38.1. The molecule has 0 aromatic heterocycles. The number of phenolic OH excluding ortho intramolecular Hbond substituents is 1. The summed E-state index contributed by atoms with van der Waals surface area (Å²) in [4.78, 5) is 16.9. The van der Waals surface area contributed by atoms with E-state index in [-0.39, 0.29) is 72.1 Å². The molecule has 13 aromatic carbocycles. The molecule has 27 heteroatoms. The molecule has 2 aliphatic heterocycles. The summed E-state index contributed by atoms with van der Waals surface area (Å²) < 4.78 is 77.0. The largest absolute Gasteiger partial charge is 0.744 e. The highest BCUT2D eigenvalue weighted by Gasteiger charge is 2.45. The Morgan fingerprint density at radius 2 is 1.02 bits per heavy atom. The number of hydrogen-bond acceptors (Lipinski definition) is 22. The topological polar surface area (TPSA) is 399 Å².